The van der Waals surface area contributed by atoms with Crippen molar-refractivity contribution in [3.8, 4) is 11.6 Å². The summed E-state index contributed by atoms with van der Waals surface area (Å²) in [6.45, 7) is 0. The summed E-state index contributed by atoms with van der Waals surface area (Å²) in [6.07, 6.45) is 5.80. The predicted molar refractivity (Wildman–Crippen MR) is 123 cm³/mol. The van der Waals surface area contributed by atoms with Gasteiger partial charge >= 0.3 is 0 Å². The molecule has 0 amide bonds. The molecule has 164 valence electrons. The van der Waals surface area contributed by atoms with Crippen molar-refractivity contribution < 1.29 is 18.8 Å². The standard InChI is InChI=1S/C25H21FN5O2/c26-20-12-15-6-7-23(33-18-4-2-1-3-5-18)29-21(15)13-19(20)25-30-24(16-10-17(32)11-16)22-14-28-8-9-31(22,25)27/h1-9,12-14,16-17,32H,10-11,27H2/q+1. The lowest BCUT2D eigenvalue weighted by Gasteiger charge is -2.31. The molecule has 1 atom stereocenters. The molecule has 1 fully saturated rings. The molecule has 0 radical (unpaired) electrons. The maximum absolute atomic E-state index is 15.3. The Hall–Kier alpha value is -3.72. The van der Waals surface area contributed by atoms with E-state index in [-0.39, 0.29) is 22.2 Å². The summed E-state index contributed by atoms with van der Waals surface area (Å²) in [5.41, 5.74) is 2.28. The Balaban J connectivity index is 1.42. The average molecular weight is 442 g/mol. The van der Waals surface area contributed by atoms with Gasteiger partial charge in [0.05, 0.1) is 29.6 Å². The van der Waals surface area contributed by atoms with E-state index < -0.39 is 5.82 Å². The first-order chi connectivity index (χ1) is 16.0. The number of fused-ring (bicyclic) bond motifs is 2. The zero-order valence-electron chi connectivity index (χ0n) is 17.6. The number of aromatic nitrogens is 1. The topological polar surface area (TPSA) is 93.1 Å². The molecule has 3 aliphatic rings. The molecule has 8 heteroatoms. The van der Waals surface area contributed by atoms with Crippen molar-refractivity contribution in [2.75, 3.05) is 0 Å². The second-order valence-corrected chi connectivity index (χ2v) is 8.47. The Bertz CT molecular complexity index is 1390. The first-order valence-electron chi connectivity index (χ1n) is 10.7. The van der Waals surface area contributed by atoms with Crippen LogP contribution < -0.4 is 10.6 Å². The van der Waals surface area contributed by atoms with Gasteiger partial charge in [-0.2, -0.15) is 10.8 Å². The van der Waals surface area contributed by atoms with Crippen LogP contribution in [0.15, 0.2) is 88.4 Å². The number of ether oxygens (including phenoxy) is 1. The number of nitrogens with zero attached hydrogens (tertiary/aromatic N) is 4. The molecule has 0 bridgehead atoms. The maximum Gasteiger partial charge on any atom is 0.267 e. The molecule has 1 aliphatic carbocycles. The predicted octanol–water partition coefficient (Wildman–Crippen LogP) is 4.16. The lowest BCUT2D eigenvalue weighted by molar-refractivity contribution is -0.750. The van der Waals surface area contributed by atoms with Crippen LogP contribution in [0, 0.1) is 11.7 Å². The Morgan fingerprint density at radius 3 is 2.70 bits per heavy atom. The van der Waals surface area contributed by atoms with Gasteiger partial charge in [0, 0.05) is 17.4 Å². The molecule has 6 rings (SSSR count). The summed E-state index contributed by atoms with van der Waals surface area (Å²) < 4.78 is 20.9. The zero-order chi connectivity index (χ0) is 22.6. The molecule has 1 aromatic heterocycles. The second kappa shape index (κ2) is 7.41. The summed E-state index contributed by atoms with van der Waals surface area (Å²) in [5, 5.41) is 10.4. The molecule has 3 N–H and O–H groups in total. The minimum atomic E-state index is -0.437. The van der Waals surface area contributed by atoms with Gasteiger partial charge in [0.1, 0.15) is 23.5 Å². The maximum atomic E-state index is 15.3. The Morgan fingerprint density at radius 1 is 1.09 bits per heavy atom. The summed E-state index contributed by atoms with van der Waals surface area (Å²) in [4.78, 5) is 13.6. The third-order valence-electron chi connectivity index (χ3n) is 6.28. The van der Waals surface area contributed by atoms with Crippen LogP contribution in [-0.4, -0.2) is 32.8 Å². The Kier molecular flexibility index (Phi) is 4.48. The van der Waals surface area contributed by atoms with E-state index >= 15 is 4.39 Å². The fourth-order valence-electron chi connectivity index (χ4n) is 4.46. The number of aliphatic hydroxyl groups is 1. The van der Waals surface area contributed by atoms with Crippen molar-refractivity contribution in [2.45, 2.75) is 18.9 Å². The van der Waals surface area contributed by atoms with Crippen LogP contribution in [0.1, 0.15) is 18.4 Å². The molecular formula is C25H21FN5O2+. The number of rotatable bonds is 4. The number of amidine groups is 1. The SMILES string of the molecule is N[N+]12C=CN=CC1=C(C1CC(O)C1)N=C2c1cc2nc(Oc3ccccc3)ccc2cc1F. The molecule has 3 aromatic rings. The van der Waals surface area contributed by atoms with Gasteiger partial charge in [-0.1, -0.05) is 18.2 Å². The van der Waals surface area contributed by atoms with Crippen molar-refractivity contribution in [1.29, 1.82) is 0 Å². The fraction of sp³-hybridized carbons (Fsp3) is 0.160. The van der Waals surface area contributed by atoms with Gasteiger partial charge in [0.15, 0.2) is 0 Å². The summed E-state index contributed by atoms with van der Waals surface area (Å²) >= 11 is 0. The third kappa shape index (κ3) is 3.27. The number of para-hydroxylation sites is 1. The molecule has 0 spiro atoms. The van der Waals surface area contributed by atoms with E-state index in [2.05, 4.69) is 9.98 Å². The molecule has 0 saturated heterocycles. The number of benzene rings is 2. The van der Waals surface area contributed by atoms with Gasteiger partial charge < -0.3 is 9.84 Å². The highest BCUT2D eigenvalue weighted by molar-refractivity contribution is 6.02. The van der Waals surface area contributed by atoms with Crippen LogP contribution in [0.5, 0.6) is 11.6 Å². The van der Waals surface area contributed by atoms with Crippen LogP contribution >= 0.6 is 0 Å². The molecule has 2 aromatic carbocycles. The monoisotopic (exact) mass is 442 g/mol. The molecule has 7 nitrogen and oxygen atoms in total. The van der Waals surface area contributed by atoms with Crippen LogP contribution in [0.4, 0.5) is 4.39 Å². The van der Waals surface area contributed by atoms with Gasteiger partial charge in [-0.15, -0.1) is 4.59 Å². The van der Waals surface area contributed by atoms with E-state index in [4.69, 9.17) is 15.6 Å². The first kappa shape index (κ1) is 19.9. The summed E-state index contributed by atoms with van der Waals surface area (Å²) in [5.74, 6) is 7.79. The van der Waals surface area contributed by atoms with Gasteiger partial charge in [-0.05, 0) is 43.2 Å². The van der Waals surface area contributed by atoms with Crippen LogP contribution in [0.25, 0.3) is 10.9 Å². The van der Waals surface area contributed by atoms with Gasteiger partial charge in [0.25, 0.3) is 5.84 Å². The van der Waals surface area contributed by atoms with Crippen LogP contribution in [0.3, 0.4) is 0 Å². The van der Waals surface area contributed by atoms with Gasteiger partial charge in [0.2, 0.25) is 11.6 Å². The number of halogens is 1. The molecule has 1 unspecified atom stereocenters. The lowest BCUT2D eigenvalue weighted by atomic mass is 9.79. The number of aliphatic hydroxyl groups excluding tert-OH is 1. The highest BCUT2D eigenvalue weighted by Gasteiger charge is 2.48. The number of quaternary nitrogens is 1. The van der Waals surface area contributed by atoms with E-state index in [1.54, 1.807) is 36.8 Å². The van der Waals surface area contributed by atoms with E-state index in [0.29, 0.717) is 46.9 Å². The van der Waals surface area contributed by atoms with E-state index in [1.165, 1.54) is 6.07 Å². The Morgan fingerprint density at radius 2 is 1.91 bits per heavy atom. The van der Waals surface area contributed by atoms with Crippen LogP contribution in [-0.2, 0) is 0 Å². The average Bonchev–Trinajstić information content (AvgIpc) is 3.10. The van der Waals surface area contributed by atoms with Crippen molar-refractivity contribution in [1.82, 2.24) is 4.98 Å². The molecule has 3 heterocycles. The van der Waals surface area contributed by atoms with Crippen molar-refractivity contribution in [3.63, 3.8) is 0 Å². The zero-order valence-corrected chi connectivity index (χ0v) is 17.6. The largest absolute Gasteiger partial charge is 0.439 e. The van der Waals surface area contributed by atoms with Gasteiger partial charge in [-0.25, -0.2) is 9.37 Å². The lowest BCUT2D eigenvalue weighted by Crippen LogP contribution is -2.53. The van der Waals surface area contributed by atoms with E-state index in [1.807, 2.05) is 30.3 Å². The minimum absolute atomic E-state index is 0.0685. The fourth-order valence-corrected chi connectivity index (χ4v) is 4.46. The number of nitrogens with two attached hydrogens (primary N) is 1. The quantitative estimate of drug-likeness (QED) is 0.469. The normalized spacial score (nSPS) is 25.7. The second-order valence-electron chi connectivity index (χ2n) is 8.47. The summed E-state index contributed by atoms with van der Waals surface area (Å²) in [6, 6.07) is 15.9. The highest BCUT2D eigenvalue weighted by atomic mass is 19.1. The van der Waals surface area contributed by atoms with Crippen molar-refractivity contribution in [3.05, 3.63) is 89.8 Å². The third-order valence-corrected chi connectivity index (χ3v) is 6.28. The smallest absolute Gasteiger partial charge is 0.267 e. The number of allylic oxidation sites excluding steroid dienone is 2. The number of pyridine rings is 1. The number of hydrogen-bond donors (Lipinski definition) is 2. The minimum Gasteiger partial charge on any atom is -0.439 e. The van der Waals surface area contributed by atoms with Crippen molar-refractivity contribution in [2.24, 2.45) is 21.7 Å². The van der Waals surface area contributed by atoms with E-state index in [9.17, 15) is 5.11 Å². The van der Waals surface area contributed by atoms with Crippen molar-refractivity contribution >= 4 is 23.0 Å². The molecule has 2 aliphatic heterocycles. The number of hydrogen-bond acceptors (Lipinski definition) is 6. The molecule has 1 saturated carbocycles. The van der Waals surface area contributed by atoms with Gasteiger partial charge in [-0.3, -0.25) is 4.99 Å². The Labute approximate surface area is 189 Å². The summed E-state index contributed by atoms with van der Waals surface area (Å²) in [7, 11) is 0. The van der Waals surface area contributed by atoms with Crippen LogP contribution in [0.2, 0.25) is 0 Å². The highest BCUT2D eigenvalue weighted by Crippen LogP contribution is 2.42. The molecular weight excluding hydrogens is 421 g/mol. The van der Waals surface area contributed by atoms with E-state index in [0.717, 1.165) is 5.70 Å². The molecule has 33 heavy (non-hydrogen) atoms. The first-order valence-corrected chi connectivity index (χ1v) is 10.7. The number of aliphatic imine (C=N–C) groups is 2.